The summed E-state index contributed by atoms with van der Waals surface area (Å²) in [5, 5.41) is 3.02. The first kappa shape index (κ1) is 26.7. The number of ether oxygens (including phenoxy) is 2. The highest BCUT2D eigenvalue weighted by molar-refractivity contribution is 5.97. The molecule has 0 bridgehead atoms. The van der Waals surface area contributed by atoms with Crippen molar-refractivity contribution in [2.75, 3.05) is 32.6 Å². The fraction of sp³-hybridized carbons (Fsp3) is 0.500. The van der Waals surface area contributed by atoms with Gasteiger partial charge in [-0.1, -0.05) is 18.6 Å². The molecule has 1 saturated heterocycles. The fourth-order valence-electron chi connectivity index (χ4n) is 5.60. The monoisotopic (exact) mass is 506 g/mol. The Morgan fingerprint density at radius 3 is 2.19 bits per heavy atom. The Hall–Kier alpha value is -3.35. The second-order valence-electron chi connectivity index (χ2n) is 10.4. The number of piperidine rings is 1. The molecule has 4 rings (SSSR count). The van der Waals surface area contributed by atoms with E-state index in [0.717, 1.165) is 48.9 Å². The molecule has 0 spiro atoms. The molecule has 2 aromatic rings. The zero-order valence-corrected chi connectivity index (χ0v) is 22.3. The van der Waals surface area contributed by atoms with E-state index < -0.39 is 0 Å². The van der Waals surface area contributed by atoms with Crippen molar-refractivity contribution in [2.24, 2.45) is 11.8 Å². The summed E-state index contributed by atoms with van der Waals surface area (Å²) < 4.78 is 10.4. The Labute approximate surface area is 219 Å². The molecule has 1 heterocycles. The van der Waals surface area contributed by atoms with Crippen LogP contribution in [0.3, 0.4) is 0 Å². The Balaban J connectivity index is 1.32. The minimum atomic E-state index is -0.220. The van der Waals surface area contributed by atoms with E-state index in [2.05, 4.69) is 17.4 Å². The van der Waals surface area contributed by atoms with E-state index in [1.807, 2.05) is 43.0 Å². The second-order valence-corrected chi connectivity index (χ2v) is 10.4. The first-order valence-electron chi connectivity index (χ1n) is 13.2. The van der Waals surface area contributed by atoms with Gasteiger partial charge in [-0.15, -0.1) is 0 Å². The third kappa shape index (κ3) is 6.14. The quantitative estimate of drug-likeness (QED) is 0.541. The number of anilines is 1. The summed E-state index contributed by atoms with van der Waals surface area (Å²) in [7, 11) is 3.00. The van der Waals surface area contributed by atoms with E-state index in [9.17, 15) is 14.4 Å². The van der Waals surface area contributed by atoms with Crippen molar-refractivity contribution in [2.45, 2.75) is 58.3 Å². The standard InChI is InChI=1S/C30H38N2O5/c1-19-16-26(27(36-3)17-20(19)2)29(34)32-14-12-22(13-15-32)21-8-10-25(11-9-21)31-28(33)23-6-5-7-24(18-23)30(35)37-4/h8-11,16-17,22-24H,5-7,12-15,18H2,1-4H3,(H,31,33). The Kier molecular flexibility index (Phi) is 8.52. The summed E-state index contributed by atoms with van der Waals surface area (Å²) in [6.45, 7) is 5.42. The number of likely N-dealkylation sites (tertiary alicyclic amines) is 1. The van der Waals surface area contributed by atoms with Crippen LogP contribution in [-0.4, -0.2) is 50.0 Å². The van der Waals surface area contributed by atoms with E-state index in [-0.39, 0.29) is 29.6 Å². The summed E-state index contributed by atoms with van der Waals surface area (Å²) in [6, 6.07) is 11.9. The van der Waals surface area contributed by atoms with Crippen molar-refractivity contribution < 1.29 is 23.9 Å². The molecule has 2 amide bonds. The van der Waals surface area contributed by atoms with E-state index in [1.165, 1.54) is 12.7 Å². The molecule has 2 aromatic carbocycles. The highest BCUT2D eigenvalue weighted by atomic mass is 16.5. The number of aryl methyl sites for hydroxylation is 2. The maximum absolute atomic E-state index is 13.2. The maximum atomic E-state index is 13.2. The number of rotatable bonds is 6. The average Bonchev–Trinajstić information content (AvgIpc) is 2.94. The normalized spacial score (nSPS) is 20.3. The topological polar surface area (TPSA) is 84.9 Å². The number of amides is 2. The molecule has 1 saturated carbocycles. The highest BCUT2D eigenvalue weighted by Gasteiger charge is 2.32. The van der Waals surface area contributed by atoms with Crippen LogP contribution in [0.15, 0.2) is 36.4 Å². The van der Waals surface area contributed by atoms with Crippen LogP contribution in [-0.2, 0) is 14.3 Å². The summed E-state index contributed by atoms with van der Waals surface area (Å²) >= 11 is 0. The summed E-state index contributed by atoms with van der Waals surface area (Å²) in [5.74, 6) is 0.406. The first-order chi connectivity index (χ1) is 17.8. The van der Waals surface area contributed by atoms with Crippen LogP contribution in [0.1, 0.15) is 71.5 Å². The van der Waals surface area contributed by atoms with Crippen LogP contribution in [0.2, 0.25) is 0 Å². The predicted octanol–water partition coefficient (Wildman–Crippen LogP) is 5.25. The van der Waals surface area contributed by atoms with Crippen molar-refractivity contribution >= 4 is 23.5 Å². The SMILES string of the molecule is COC(=O)C1CCCC(C(=O)Nc2ccc(C3CCN(C(=O)c4cc(C)c(C)cc4OC)CC3)cc2)C1. The van der Waals surface area contributed by atoms with E-state index >= 15 is 0 Å². The van der Waals surface area contributed by atoms with Gasteiger partial charge in [-0.25, -0.2) is 0 Å². The van der Waals surface area contributed by atoms with Gasteiger partial charge in [-0.05, 0) is 92.8 Å². The molecule has 2 aliphatic rings. The lowest BCUT2D eigenvalue weighted by molar-refractivity contribution is -0.147. The van der Waals surface area contributed by atoms with Crippen LogP contribution in [0, 0.1) is 25.7 Å². The van der Waals surface area contributed by atoms with Crippen LogP contribution in [0.5, 0.6) is 5.75 Å². The lowest BCUT2D eigenvalue weighted by Crippen LogP contribution is -2.38. The molecule has 1 N–H and O–H groups in total. The van der Waals surface area contributed by atoms with Gasteiger partial charge in [0, 0.05) is 24.7 Å². The Morgan fingerprint density at radius 2 is 1.54 bits per heavy atom. The number of esters is 1. The minimum Gasteiger partial charge on any atom is -0.496 e. The number of benzene rings is 2. The van der Waals surface area contributed by atoms with Crippen molar-refractivity contribution in [3.05, 3.63) is 58.7 Å². The molecule has 0 radical (unpaired) electrons. The van der Waals surface area contributed by atoms with Crippen molar-refractivity contribution in [3.63, 3.8) is 0 Å². The lowest BCUT2D eigenvalue weighted by atomic mass is 9.81. The summed E-state index contributed by atoms with van der Waals surface area (Å²) in [6.07, 6.45) is 4.76. The molecule has 2 unspecified atom stereocenters. The second kappa shape index (κ2) is 11.8. The van der Waals surface area contributed by atoms with Crippen LogP contribution >= 0.6 is 0 Å². The third-order valence-corrected chi connectivity index (χ3v) is 8.06. The zero-order chi connectivity index (χ0) is 26.5. The number of carbonyl (C=O) groups is 3. The van der Waals surface area contributed by atoms with Crippen LogP contribution in [0.25, 0.3) is 0 Å². The molecule has 1 aliphatic carbocycles. The van der Waals surface area contributed by atoms with Gasteiger partial charge < -0.3 is 19.7 Å². The van der Waals surface area contributed by atoms with E-state index in [0.29, 0.717) is 36.7 Å². The molecule has 1 aliphatic heterocycles. The maximum Gasteiger partial charge on any atom is 0.308 e. The van der Waals surface area contributed by atoms with Gasteiger partial charge in [-0.2, -0.15) is 0 Å². The van der Waals surface area contributed by atoms with Gasteiger partial charge in [0.15, 0.2) is 0 Å². The van der Waals surface area contributed by atoms with Gasteiger partial charge in [0.05, 0.1) is 25.7 Å². The fourth-order valence-corrected chi connectivity index (χ4v) is 5.60. The number of methoxy groups -OCH3 is 2. The molecular weight excluding hydrogens is 468 g/mol. The van der Waals surface area contributed by atoms with E-state index in [1.54, 1.807) is 7.11 Å². The Morgan fingerprint density at radius 1 is 0.892 bits per heavy atom. The van der Waals surface area contributed by atoms with Crippen molar-refractivity contribution in [1.29, 1.82) is 0 Å². The highest BCUT2D eigenvalue weighted by Crippen LogP contribution is 2.33. The summed E-state index contributed by atoms with van der Waals surface area (Å²) in [4.78, 5) is 39.8. The predicted molar refractivity (Wildman–Crippen MR) is 143 cm³/mol. The minimum absolute atomic E-state index is 0.0219. The third-order valence-electron chi connectivity index (χ3n) is 8.06. The van der Waals surface area contributed by atoms with Gasteiger partial charge >= 0.3 is 5.97 Å². The number of nitrogens with one attached hydrogen (secondary N) is 1. The molecule has 2 fully saturated rings. The number of nitrogens with zero attached hydrogens (tertiary/aromatic N) is 1. The van der Waals surface area contributed by atoms with Crippen LogP contribution < -0.4 is 10.1 Å². The van der Waals surface area contributed by atoms with Crippen molar-refractivity contribution in [1.82, 2.24) is 4.90 Å². The Bertz CT molecular complexity index is 1140. The number of hydrogen-bond acceptors (Lipinski definition) is 5. The molecule has 2 atom stereocenters. The van der Waals surface area contributed by atoms with Crippen molar-refractivity contribution in [3.8, 4) is 5.75 Å². The summed E-state index contributed by atoms with van der Waals surface area (Å²) in [5.41, 5.74) is 4.80. The zero-order valence-electron chi connectivity index (χ0n) is 22.3. The van der Waals surface area contributed by atoms with Gasteiger partial charge in [0.2, 0.25) is 5.91 Å². The molecule has 198 valence electrons. The molecule has 37 heavy (non-hydrogen) atoms. The first-order valence-corrected chi connectivity index (χ1v) is 13.2. The smallest absolute Gasteiger partial charge is 0.308 e. The van der Waals surface area contributed by atoms with Crippen LogP contribution in [0.4, 0.5) is 5.69 Å². The van der Waals surface area contributed by atoms with E-state index in [4.69, 9.17) is 9.47 Å². The average molecular weight is 507 g/mol. The lowest BCUT2D eigenvalue weighted by Gasteiger charge is -2.33. The molecule has 7 heteroatoms. The van der Waals surface area contributed by atoms with Gasteiger partial charge in [0.1, 0.15) is 5.75 Å². The largest absolute Gasteiger partial charge is 0.496 e. The molecular formula is C30H38N2O5. The number of carbonyl (C=O) groups excluding carboxylic acids is 3. The number of hydrogen-bond donors (Lipinski definition) is 1. The molecule has 7 nitrogen and oxygen atoms in total. The molecule has 0 aromatic heterocycles. The van der Waals surface area contributed by atoms with Gasteiger partial charge in [-0.3, -0.25) is 14.4 Å². The van der Waals surface area contributed by atoms with Gasteiger partial charge in [0.25, 0.3) is 5.91 Å².